The molecule has 2 N–H and O–H groups in total. The van der Waals surface area contributed by atoms with Gasteiger partial charge in [0.2, 0.25) is 0 Å². The first-order valence-electron chi connectivity index (χ1n) is 5.57. The van der Waals surface area contributed by atoms with E-state index < -0.39 is 0 Å². The van der Waals surface area contributed by atoms with Crippen molar-refractivity contribution in [1.82, 2.24) is 0 Å². The molecule has 1 aromatic carbocycles. The van der Waals surface area contributed by atoms with E-state index in [2.05, 4.69) is 32.9 Å². The zero-order valence-corrected chi connectivity index (χ0v) is 9.51. The van der Waals surface area contributed by atoms with E-state index in [1.54, 1.807) is 0 Å². The van der Waals surface area contributed by atoms with Crippen molar-refractivity contribution in [2.75, 3.05) is 5.73 Å². The molecule has 1 aromatic rings. The molecule has 0 aliphatic heterocycles. The van der Waals surface area contributed by atoms with Gasteiger partial charge in [0.15, 0.2) is 0 Å². The smallest absolute Gasteiger partial charge is 0.0346 e. The summed E-state index contributed by atoms with van der Waals surface area (Å²) in [6.45, 7) is 6.67. The fourth-order valence-electron chi connectivity index (χ4n) is 1.84. The van der Waals surface area contributed by atoms with Crippen LogP contribution in [-0.2, 0) is 6.42 Å². The van der Waals surface area contributed by atoms with Crippen LogP contribution in [0.25, 0.3) is 0 Å². The van der Waals surface area contributed by atoms with Gasteiger partial charge in [0.25, 0.3) is 0 Å². The molecule has 14 heavy (non-hydrogen) atoms. The topological polar surface area (TPSA) is 26.0 Å². The third-order valence-electron chi connectivity index (χ3n) is 2.84. The molecule has 0 saturated carbocycles. The maximum absolute atomic E-state index is 5.87. The monoisotopic (exact) mass is 191 g/mol. The number of anilines is 1. The van der Waals surface area contributed by atoms with E-state index in [0.717, 1.165) is 12.1 Å². The van der Waals surface area contributed by atoms with Gasteiger partial charge in [-0.25, -0.2) is 0 Å². The second kappa shape index (κ2) is 5.04. The van der Waals surface area contributed by atoms with Gasteiger partial charge in [0.1, 0.15) is 0 Å². The lowest BCUT2D eigenvalue weighted by Crippen LogP contribution is -1.98. The molecule has 0 aliphatic carbocycles. The molecule has 1 unspecified atom stereocenters. The second-order valence-corrected chi connectivity index (χ2v) is 4.00. The minimum absolute atomic E-state index is 0.658. The van der Waals surface area contributed by atoms with Crippen LogP contribution in [0.3, 0.4) is 0 Å². The van der Waals surface area contributed by atoms with Crippen LogP contribution in [0.1, 0.15) is 50.7 Å². The summed E-state index contributed by atoms with van der Waals surface area (Å²) in [4.78, 5) is 0. The van der Waals surface area contributed by atoms with Crippen molar-refractivity contribution in [1.29, 1.82) is 0 Å². The minimum atomic E-state index is 0.658. The van der Waals surface area contributed by atoms with Crippen molar-refractivity contribution in [2.24, 2.45) is 0 Å². The van der Waals surface area contributed by atoms with Gasteiger partial charge in [-0.05, 0) is 36.0 Å². The molecule has 0 bridgehead atoms. The van der Waals surface area contributed by atoms with Crippen LogP contribution in [0.2, 0.25) is 0 Å². The highest BCUT2D eigenvalue weighted by Crippen LogP contribution is 2.24. The van der Waals surface area contributed by atoms with Crippen LogP contribution in [0.5, 0.6) is 0 Å². The Hall–Kier alpha value is -0.980. The molecule has 0 amide bonds. The van der Waals surface area contributed by atoms with E-state index in [9.17, 15) is 0 Å². The van der Waals surface area contributed by atoms with Crippen molar-refractivity contribution < 1.29 is 0 Å². The Morgan fingerprint density at radius 1 is 1.29 bits per heavy atom. The Bertz CT molecular complexity index is 291. The lowest BCUT2D eigenvalue weighted by molar-refractivity contribution is 0.664. The first-order chi connectivity index (χ1) is 6.69. The van der Waals surface area contributed by atoms with Crippen molar-refractivity contribution in [3.8, 4) is 0 Å². The Kier molecular flexibility index (Phi) is 3.99. The number of hydrogen-bond acceptors (Lipinski definition) is 1. The molecule has 0 aliphatic rings. The molecule has 0 saturated heterocycles. The van der Waals surface area contributed by atoms with Gasteiger partial charge in [0, 0.05) is 5.69 Å². The average Bonchev–Trinajstić information content (AvgIpc) is 2.19. The van der Waals surface area contributed by atoms with E-state index in [0.29, 0.717) is 5.92 Å². The first kappa shape index (κ1) is 11.1. The lowest BCUT2D eigenvalue weighted by Gasteiger charge is -2.13. The van der Waals surface area contributed by atoms with Crippen LogP contribution < -0.4 is 5.73 Å². The lowest BCUT2D eigenvalue weighted by atomic mass is 9.94. The molecule has 0 heterocycles. The van der Waals surface area contributed by atoms with E-state index in [4.69, 9.17) is 5.73 Å². The number of nitrogen functional groups attached to an aromatic ring is 1. The highest BCUT2D eigenvalue weighted by molar-refractivity contribution is 5.49. The molecule has 0 spiro atoms. The third kappa shape index (κ3) is 2.50. The first-order valence-corrected chi connectivity index (χ1v) is 5.57. The van der Waals surface area contributed by atoms with Gasteiger partial charge < -0.3 is 5.73 Å². The van der Waals surface area contributed by atoms with E-state index in [1.165, 1.54) is 24.0 Å². The standard InChI is InChI=1S/C13H21N/c1-4-6-10(3)12-7-8-13(14)11(5-2)9-12/h7-10H,4-6,14H2,1-3H3. The zero-order chi connectivity index (χ0) is 10.6. The highest BCUT2D eigenvalue weighted by Gasteiger charge is 2.06. The largest absolute Gasteiger partial charge is 0.399 e. The highest BCUT2D eigenvalue weighted by atomic mass is 14.6. The maximum Gasteiger partial charge on any atom is 0.0346 e. The van der Waals surface area contributed by atoms with Crippen LogP contribution >= 0.6 is 0 Å². The number of hydrogen-bond donors (Lipinski definition) is 1. The fraction of sp³-hybridized carbons (Fsp3) is 0.538. The number of benzene rings is 1. The molecule has 1 rings (SSSR count). The summed E-state index contributed by atoms with van der Waals surface area (Å²) in [5, 5.41) is 0. The van der Waals surface area contributed by atoms with Crippen LogP contribution in [0.15, 0.2) is 18.2 Å². The van der Waals surface area contributed by atoms with Crippen LogP contribution in [0.4, 0.5) is 5.69 Å². The summed E-state index contributed by atoms with van der Waals surface area (Å²) in [6.07, 6.45) is 3.53. The van der Waals surface area contributed by atoms with E-state index >= 15 is 0 Å². The summed E-state index contributed by atoms with van der Waals surface area (Å²) in [6, 6.07) is 6.46. The molecule has 1 nitrogen and oxygen atoms in total. The molecule has 0 radical (unpaired) electrons. The van der Waals surface area contributed by atoms with E-state index in [-0.39, 0.29) is 0 Å². The van der Waals surface area contributed by atoms with Crippen molar-refractivity contribution >= 4 is 5.69 Å². The number of rotatable bonds is 4. The normalized spacial score (nSPS) is 12.8. The van der Waals surface area contributed by atoms with Crippen molar-refractivity contribution in [3.05, 3.63) is 29.3 Å². The average molecular weight is 191 g/mol. The molecule has 0 aromatic heterocycles. The predicted octanol–water partition coefficient (Wildman–Crippen LogP) is 3.73. The Labute approximate surface area is 87.3 Å². The summed E-state index contributed by atoms with van der Waals surface area (Å²) in [7, 11) is 0. The molecule has 0 fully saturated rings. The van der Waals surface area contributed by atoms with Crippen LogP contribution in [0, 0.1) is 0 Å². The van der Waals surface area contributed by atoms with E-state index in [1.807, 2.05) is 6.07 Å². The van der Waals surface area contributed by atoms with Gasteiger partial charge >= 0.3 is 0 Å². The molecule has 1 heteroatoms. The third-order valence-corrected chi connectivity index (χ3v) is 2.84. The molecular formula is C13H21N. The van der Waals surface area contributed by atoms with Gasteiger partial charge in [-0.15, -0.1) is 0 Å². The van der Waals surface area contributed by atoms with Crippen molar-refractivity contribution in [2.45, 2.75) is 46.0 Å². The second-order valence-electron chi connectivity index (χ2n) is 4.00. The summed E-state index contributed by atoms with van der Waals surface area (Å²) >= 11 is 0. The number of aryl methyl sites for hydroxylation is 1. The SMILES string of the molecule is CCCC(C)c1ccc(N)c(CC)c1. The fourth-order valence-corrected chi connectivity index (χ4v) is 1.84. The molecule has 1 atom stereocenters. The summed E-state index contributed by atoms with van der Waals surface area (Å²) < 4.78 is 0. The maximum atomic E-state index is 5.87. The summed E-state index contributed by atoms with van der Waals surface area (Å²) in [5.41, 5.74) is 9.52. The molecular weight excluding hydrogens is 170 g/mol. The zero-order valence-electron chi connectivity index (χ0n) is 9.51. The van der Waals surface area contributed by atoms with Crippen LogP contribution in [-0.4, -0.2) is 0 Å². The minimum Gasteiger partial charge on any atom is -0.399 e. The predicted molar refractivity (Wildman–Crippen MR) is 63.6 cm³/mol. The Balaban J connectivity index is 2.88. The number of nitrogens with two attached hydrogens (primary N) is 1. The van der Waals surface area contributed by atoms with Crippen molar-refractivity contribution in [3.63, 3.8) is 0 Å². The Morgan fingerprint density at radius 3 is 2.57 bits per heavy atom. The van der Waals surface area contributed by atoms with Gasteiger partial charge in [-0.2, -0.15) is 0 Å². The van der Waals surface area contributed by atoms with Gasteiger partial charge in [0.05, 0.1) is 0 Å². The summed E-state index contributed by atoms with van der Waals surface area (Å²) in [5.74, 6) is 0.658. The Morgan fingerprint density at radius 2 is 2.00 bits per heavy atom. The molecule has 78 valence electrons. The quantitative estimate of drug-likeness (QED) is 0.721. The van der Waals surface area contributed by atoms with Gasteiger partial charge in [-0.1, -0.05) is 39.3 Å². The van der Waals surface area contributed by atoms with Gasteiger partial charge in [-0.3, -0.25) is 0 Å².